The second-order valence-electron chi connectivity index (χ2n) is 3.32. The molecule has 1 N–H and O–H groups in total. The SMILES string of the molecule is COc1cc2c(O)cccc2cc1C(=O)Cl. The summed E-state index contributed by atoms with van der Waals surface area (Å²) in [6.45, 7) is 0. The van der Waals surface area contributed by atoms with E-state index in [4.69, 9.17) is 16.3 Å². The molecule has 0 aliphatic heterocycles. The van der Waals surface area contributed by atoms with Crippen LogP contribution in [0.5, 0.6) is 11.5 Å². The van der Waals surface area contributed by atoms with Crippen LogP contribution < -0.4 is 4.74 Å². The van der Waals surface area contributed by atoms with Crippen molar-refractivity contribution in [2.24, 2.45) is 0 Å². The highest BCUT2D eigenvalue weighted by molar-refractivity contribution is 6.68. The van der Waals surface area contributed by atoms with Crippen LogP contribution >= 0.6 is 11.6 Å². The Bertz CT molecular complexity index is 563. The third kappa shape index (κ3) is 1.70. The summed E-state index contributed by atoms with van der Waals surface area (Å²) < 4.78 is 5.05. The molecular formula is C12H9ClO3. The first-order valence-electron chi connectivity index (χ1n) is 4.63. The van der Waals surface area contributed by atoms with Gasteiger partial charge in [0.2, 0.25) is 0 Å². The molecule has 3 nitrogen and oxygen atoms in total. The van der Waals surface area contributed by atoms with Gasteiger partial charge in [-0.1, -0.05) is 12.1 Å². The maximum Gasteiger partial charge on any atom is 0.256 e. The second kappa shape index (κ2) is 4.02. The van der Waals surface area contributed by atoms with Crippen molar-refractivity contribution in [1.29, 1.82) is 0 Å². The lowest BCUT2D eigenvalue weighted by molar-refractivity contribution is 0.107. The number of halogens is 1. The van der Waals surface area contributed by atoms with Gasteiger partial charge in [0.05, 0.1) is 12.7 Å². The normalized spacial score (nSPS) is 10.4. The number of methoxy groups -OCH3 is 1. The van der Waals surface area contributed by atoms with Crippen LogP contribution in [0.15, 0.2) is 30.3 Å². The van der Waals surface area contributed by atoms with Gasteiger partial charge < -0.3 is 9.84 Å². The van der Waals surface area contributed by atoms with Gasteiger partial charge in [-0.15, -0.1) is 0 Å². The van der Waals surface area contributed by atoms with Crippen LogP contribution in [0.1, 0.15) is 10.4 Å². The number of fused-ring (bicyclic) bond motifs is 1. The third-order valence-electron chi connectivity index (χ3n) is 2.39. The van der Waals surface area contributed by atoms with E-state index in [1.54, 1.807) is 30.3 Å². The van der Waals surface area contributed by atoms with Crippen LogP contribution in [0.2, 0.25) is 0 Å². The van der Waals surface area contributed by atoms with E-state index in [1.807, 2.05) is 0 Å². The second-order valence-corrected chi connectivity index (χ2v) is 3.67. The monoisotopic (exact) mass is 236 g/mol. The zero-order valence-corrected chi connectivity index (χ0v) is 9.28. The van der Waals surface area contributed by atoms with Crippen molar-refractivity contribution in [3.8, 4) is 11.5 Å². The molecule has 0 amide bonds. The lowest BCUT2D eigenvalue weighted by Crippen LogP contribution is -1.95. The predicted octanol–water partition coefficient (Wildman–Crippen LogP) is 2.93. The van der Waals surface area contributed by atoms with Crippen molar-refractivity contribution in [3.63, 3.8) is 0 Å². The van der Waals surface area contributed by atoms with Gasteiger partial charge in [0.1, 0.15) is 11.5 Å². The van der Waals surface area contributed by atoms with Crippen molar-refractivity contribution < 1.29 is 14.6 Å². The quantitative estimate of drug-likeness (QED) is 0.816. The average molecular weight is 237 g/mol. The van der Waals surface area contributed by atoms with E-state index in [0.29, 0.717) is 16.7 Å². The maximum absolute atomic E-state index is 11.2. The Morgan fingerprint density at radius 3 is 2.75 bits per heavy atom. The van der Waals surface area contributed by atoms with Gasteiger partial charge in [0.15, 0.2) is 0 Å². The number of hydrogen-bond acceptors (Lipinski definition) is 3. The molecule has 16 heavy (non-hydrogen) atoms. The minimum absolute atomic E-state index is 0.143. The summed E-state index contributed by atoms with van der Waals surface area (Å²) in [5.74, 6) is 0.498. The molecule has 4 heteroatoms. The molecular weight excluding hydrogens is 228 g/mol. The zero-order chi connectivity index (χ0) is 11.7. The molecule has 0 aliphatic carbocycles. The molecule has 0 aliphatic rings. The molecule has 0 spiro atoms. The van der Waals surface area contributed by atoms with Crippen molar-refractivity contribution in [2.75, 3.05) is 7.11 Å². The summed E-state index contributed by atoms with van der Waals surface area (Å²) in [5.41, 5.74) is 0.294. The molecule has 2 aromatic rings. The lowest BCUT2D eigenvalue weighted by atomic mass is 10.1. The number of phenolic OH excluding ortho intramolecular Hbond substituents is 1. The van der Waals surface area contributed by atoms with Crippen LogP contribution in [0, 0.1) is 0 Å². The van der Waals surface area contributed by atoms with Gasteiger partial charge in [-0.25, -0.2) is 0 Å². The van der Waals surface area contributed by atoms with E-state index < -0.39 is 5.24 Å². The largest absolute Gasteiger partial charge is 0.507 e. The average Bonchev–Trinajstić information content (AvgIpc) is 2.28. The number of ether oxygens (including phenoxy) is 1. The van der Waals surface area contributed by atoms with Crippen LogP contribution in [0.25, 0.3) is 10.8 Å². The van der Waals surface area contributed by atoms with E-state index >= 15 is 0 Å². The Morgan fingerprint density at radius 1 is 1.38 bits per heavy atom. The molecule has 0 aromatic heterocycles. The van der Waals surface area contributed by atoms with E-state index in [1.165, 1.54) is 7.11 Å². The smallest absolute Gasteiger partial charge is 0.256 e. The summed E-state index contributed by atoms with van der Waals surface area (Å²) >= 11 is 5.45. The standard InChI is InChI=1S/C12H9ClO3/c1-16-11-6-8-7(3-2-4-10(8)14)5-9(11)12(13)15/h2-6,14H,1H3. The van der Waals surface area contributed by atoms with Gasteiger partial charge in [-0.2, -0.15) is 0 Å². The third-order valence-corrected chi connectivity index (χ3v) is 2.59. The van der Waals surface area contributed by atoms with Crippen LogP contribution in [0.4, 0.5) is 0 Å². The Balaban J connectivity index is 2.80. The van der Waals surface area contributed by atoms with Crippen LogP contribution in [0.3, 0.4) is 0 Å². The Labute approximate surface area is 97.2 Å². The highest BCUT2D eigenvalue weighted by atomic mass is 35.5. The lowest BCUT2D eigenvalue weighted by Gasteiger charge is -2.08. The molecule has 0 saturated carbocycles. The first-order chi connectivity index (χ1) is 7.63. The van der Waals surface area contributed by atoms with Gasteiger partial charge in [0, 0.05) is 5.39 Å². The minimum Gasteiger partial charge on any atom is -0.507 e. The zero-order valence-electron chi connectivity index (χ0n) is 8.53. The van der Waals surface area contributed by atoms with E-state index in [-0.39, 0.29) is 5.75 Å². The predicted molar refractivity (Wildman–Crippen MR) is 62.3 cm³/mol. The van der Waals surface area contributed by atoms with E-state index in [9.17, 15) is 9.90 Å². The van der Waals surface area contributed by atoms with Crippen molar-refractivity contribution in [2.45, 2.75) is 0 Å². The molecule has 0 fully saturated rings. The number of rotatable bonds is 2. The van der Waals surface area contributed by atoms with Gasteiger partial charge >= 0.3 is 0 Å². The first kappa shape index (κ1) is 10.8. The topological polar surface area (TPSA) is 46.5 Å². The number of aromatic hydroxyl groups is 1. The van der Waals surface area contributed by atoms with Crippen LogP contribution in [-0.4, -0.2) is 17.5 Å². The Kier molecular flexibility index (Phi) is 2.71. The number of phenols is 1. The molecule has 82 valence electrons. The fourth-order valence-corrected chi connectivity index (χ4v) is 1.76. The van der Waals surface area contributed by atoms with Crippen molar-refractivity contribution in [3.05, 3.63) is 35.9 Å². The maximum atomic E-state index is 11.2. The number of hydrogen-bond donors (Lipinski definition) is 1. The molecule has 0 bridgehead atoms. The van der Waals surface area contributed by atoms with E-state index in [0.717, 1.165) is 5.39 Å². The first-order valence-corrected chi connectivity index (χ1v) is 5.01. The summed E-state index contributed by atoms with van der Waals surface area (Å²) in [7, 11) is 1.45. The van der Waals surface area contributed by atoms with Crippen LogP contribution in [-0.2, 0) is 0 Å². The number of carbonyl (C=O) groups is 1. The molecule has 2 aromatic carbocycles. The molecule has 0 heterocycles. The van der Waals surface area contributed by atoms with Crippen molar-refractivity contribution in [1.82, 2.24) is 0 Å². The minimum atomic E-state index is -0.581. The molecule has 0 radical (unpaired) electrons. The fourth-order valence-electron chi connectivity index (χ4n) is 1.61. The summed E-state index contributed by atoms with van der Waals surface area (Å²) in [6.07, 6.45) is 0. The fraction of sp³-hybridized carbons (Fsp3) is 0.0833. The highest BCUT2D eigenvalue weighted by Gasteiger charge is 2.12. The Morgan fingerprint density at radius 2 is 2.12 bits per heavy atom. The van der Waals surface area contributed by atoms with Gasteiger partial charge in [0.25, 0.3) is 5.24 Å². The van der Waals surface area contributed by atoms with E-state index in [2.05, 4.69) is 0 Å². The number of benzene rings is 2. The Hall–Kier alpha value is -1.74. The van der Waals surface area contributed by atoms with Gasteiger partial charge in [-0.3, -0.25) is 4.79 Å². The highest BCUT2D eigenvalue weighted by Crippen LogP contribution is 2.31. The summed E-state index contributed by atoms with van der Waals surface area (Å²) in [5, 5.41) is 10.4. The summed E-state index contributed by atoms with van der Waals surface area (Å²) in [6, 6.07) is 8.26. The molecule has 2 rings (SSSR count). The van der Waals surface area contributed by atoms with Gasteiger partial charge in [-0.05, 0) is 35.2 Å². The molecule has 0 atom stereocenters. The summed E-state index contributed by atoms with van der Waals surface area (Å²) in [4.78, 5) is 11.2. The molecule has 0 saturated heterocycles. The van der Waals surface area contributed by atoms with Crippen molar-refractivity contribution >= 4 is 27.6 Å². The molecule has 0 unspecified atom stereocenters. The number of carbonyl (C=O) groups excluding carboxylic acids is 1.